The topological polar surface area (TPSA) is 118 Å². The molecule has 0 heterocycles. The molecule has 0 aliphatic heterocycles. The Bertz CT molecular complexity index is 1340. The molecule has 0 N–H and O–H groups in total. The molecule has 14 heteroatoms. The Morgan fingerprint density at radius 3 is 1.73 bits per heavy atom. The Hall–Kier alpha value is -2.17. The Morgan fingerprint density at radius 2 is 1.29 bits per heavy atom. The summed E-state index contributed by atoms with van der Waals surface area (Å²) in [5.74, 6) is -1.63. The molecule has 2 unspecified atom stereocenters. The van der Waals surface area contributed by atoms with E-state index in [9.17, 15) is 18.9 Å². The largest absolute Gasteiger partial charge is 0.438 e. The molecule has 0 aromatic heterocycles. The van der Waals surface area contributed by atoms with E-state index >= 15 is 0 Å². The van der Waals surface area contributed by atoms with Crippen molar-refractivity contribution in [2.24, 2.45) is 10.8 Å². The lowest BCUT2D eigenvalue weighted by atomic mass is 9.98. The molecule has 0 radical (unpaired) electrons. The van der Waals surface area contributed by atoms with Crippen molar-refractivity contribution in [2.75, 3.05) is 20.1 Å². The first-order chi connectivity index (χ1) is 20.7. The van der Waals surface area contributed by atoms with Gasteiger partial charge in [0.25, 0.3) is 0 Å². The van der Waals surface area contributed by atoms with Gasteiger partial charge < -0.3 is 9.47 Å². The fourth-order valence-corrected chi connectivity index (χ4v) is 5.92. The number of ether oxygens (including phenoxy) is 2. The van der Waals surface area contributed by atoms with Gasteiger partial charge in [0, 0.05) is 18.5 Å². The molecular weight excluding hydrogens is 668 g/mol. The molecule has 2 atom stereocenters. The first kappa shape index (κ1) is 39.0. The number of rotatable bonds is 14. The zero-order valence-electron chi connectivity index (χ0n) is 26.7. The van der Waals surface area contributed by atoms with Crippen LogP contribution in [-0.4, -0.2) is 43.0 Å². The van der Waals surface area contributed by atoms with Gasteiger partial charge >= 0.3 is 19.5 Å². The maximum Gasteiger partial charge on any atom is 0.343 e. The van der Waals surface area contributed by atoms with Crippen LogP contribution in [0.1, 0.15) is 84.7 Å². The summed E-state index contributed by atoms with van der Waals surface area (Å²) in [5.41, 5.74) is -1.68. The van der Waals surface area contributed by atoms with Crippen LogP contribution >= 0.6 is 42.4 Å². The minimum absolute atomic E-state index is 0.0391. The number of hydrogen-bond donors (Lipinski definition) is 0. The molecule has 0 spiro atoms. The summed E-state index contributed by atoms with van der Waals surface area (Å²) < 4.78 is 36.3. The molecule has 1 amide bonds. The van der Waals surface area contributed by atoms with Crippen LogP contribution in [0, 0.1) is 10.8 Å². The van der Waals surface area contributed by atoms with Gasteiger partial charge in [0.05, 0.1) is 26.5 Å². The first-order valence-corrected chi connectivity index (χ1v) is 16.9. The summed E-state index contributed by atoms with van der Waals surface area (Å²) in [6, 6.07) is 11.5. The summed E-state index contributed by atoms with van der Waals surface area (Å²) in [5, 5.41) is 2.10. The van der Waals surface area contributed by atoms with E-state index in [1.807, 2.05) is 0 Å². The third-order valence-corrected chi connectivity index (χ3v) is 9.60. The third kappa shape index (κ3) is 12.2. The van der Waals surface area contributed by atoms with Crippen molar-refractivity contribution in [1.29, 1.82) is 0 Å². The summed E-state index contributed by atoms with van der Waals surface area (Å²) >= 11 is 18.5. The number of amides is 1. The van der Waals surface area contributed by atoms with Crippen LogP contribution in [-0.2, 0) is 42.3 Å². The molecule has 45 heavy (non-hydrogen) atoms. The smallest absolute Gasteiger partial charge is 0.343 e. The van der Waals surface area contributed by atoms with Gasteiger partial charge in [0.2, 0.25) is 19.5 Å². The van der Waals surface area contributed by atoms with E-state index in [0.29, 0.717) is 10.6 Å². The predicted octanol–water partition coefficient (Wildman–Crippen LogP) is 8.94. The van der Waals surface area contributed by atoms with E-state index in [-0.39, 0.29) is 23.0 Å². The van der Waals surface area contributed by atoms with Crippen LogP contribution in [0.2, 0.25) is 15.1 Å². The highest BCUT2D eigenvalue weighted by molar-refractivity contribution is 7.54. The van der Waals surface area contributed by atoms with Crippen molar-refractivity contribution in [2.45, 2.75) is 73.6 Å². The lowest BCUT2D eigenvalue weighted by Gasteiger charge is -2.30. The molecule has 0 saturated carbocycles. The van der Waals surface area contributed by atoms with E-state index in [0.717, 1.165) is 10.6 Å². The van der Waals surface area contributed by atoms with Gasteiger partial charge in [-0.15, -0.1) is 0 Å². The molecule has 0 bridgehead atoms. The normalized spacial score (nSPS) is 13.6. The average molecular weight is 709 g/mol. The monoisotopic (exact) mass is 707 g/mol. The van der Waals surface area contributed by atoms with E-state index < -0.39 is 61.6 Å². The quantitative estimate of drug-likeness (QED) is 0.0820. The molecule has 0 aliphatic rings. The minimum atomic E-state index is -4.35. The summed E-state index contributed by atoms with van der Waals surface area (Å²) in [6.45, 7) is 11.5. The van der Waals surface area contributed by atoms with Gasteiger partial charge in [-0.05, 0) is 90.3 Å². The van der Waals surface area contributed by atoms with E-state index in [1.54, 1.807) is 78.8 Å². The molecule has 10 nitrogen and oxygen atoms in total. The van der Waals surface area contributed by atoms with Crippen molar-refractivity contribution >= 4 is 60.2 Å². The zero-order chi connectivity index (χ0) is 34.2. The molecule has 2 aromatic rings. The fraction of sp³-hybridized carbons (Fsp3) is 0.516. The van der Waals surface area contributed by atoms with E-state index in [4.69, 9.17) is 58.2 Å². The second kappa shape index (κ2) is 16.6. The SMILES string of the molecule is CC(=O)N(CCC(c1ccc(Cl)c(Cl)c1)P(=O)(OCOC(=O)C(C)(C)C)OCOC(=O)C(C)(C)C)OC(C)c1ccc(Cl)cc1. The van der Waals surface area contributed by atoms with Gasteiger partial charge in [-0.3, -0.25) is 32.8 Å². The van der Waals surface area contributed by atoms with Gasteiger partial charge in [-0.1, -0.05) is 53.0 Å². The van der Waals surface area contributed by atoms with Crippen LogP contribution in [0.25, 0.3) is 0 Å². The number of halogens is 3. The number of carbonyl (C=O) groups excluding carboxylic acids is 3. The summed E-state index contributed by atoms with van der Waals surface area (Å²) in [4.78, 5) is 43.4. The van der Waals surface area contributed by atoms with Gasteiger partial charge in [0.15, 0.2) is 0 Å². The van der Waals surface area contributed by atoms with Crippen molar-refractivity contribution in [3.63, 3.8) is 0 Å². The minimum Gasteiger partial charge on any atom is -0.438 e. The highest BCUT2D eigenvalue weighted by Crippen LogP contribution is 2.63. The Labute approximate surface area is 280 Å². The van der Waals surface area contributed by atoms with Crippen LogP contribution in [0.4, 0.5) is 0 Å². The van der Waals surface area contributed by atoms with E-state index in [1.165, 1.54) is 19.1 Å². The van der Waals surface area contributed by atoms with Crippen LogP contribution in [0.3, 0.4) is 0 Å². The van der Waals surface area contributed by atoms with Gasteiger partial charge in [-0.2, -0.15) is 0 Å². The number of carbonyl (C=O) groups is 3. The maximum atomic E-state index is 14.6. The first-order valence-electron chi connectivity index (χ1n) is 14.1. The number of hydroxylamine groups is 2. The van der Waals surface area contributed by atoms with Crippen molar-refractivity contribution in [3.8, 4) is 0 Å². The zero-order valence-corrected chi connectivity index (χ0v) is 29.9. The summed E-state index contributed by atoms with van der Waals surface area (Å²) in [6.07, 6.45) is -0.578. The Morgan fingerprint density at radius 1 is 0.800 bits per heavy atom. The number of nitrogens with zero attached hydrogens (tertiary/aromatic N) is 1. The maximum absolute atomic E-state index is 14.6. The van der Waals surface area contributed by atoms with Gasteiger partial charge in [-0.25, -0.2) is 5.06 Å². The molecule has 0 aliphatic carbocycles. The van der Waals surface area contributed by atoms with Crippen molar-refractivity contribution in [1.82, 2.24) is 5.06 Å². The highest BCUT2D eigenvalue weighted by Gasteiger charge is 2.40. The molecule has 2 rings (SSSR count). The molecule has 0 saturated heterocycles. The average Bonchev–Trinajstić information content (AvgIpc) is 2.93. The van der Waals surface area contributed by atoms with E-state index in [2.05, 4.69) is 0 Å². The lowest BCUT2D eigenvalue weighted by Crippen LogP contribution is -2.32. The second-order valence-electron chi connectivity index (χ2n) is 12.3. The molecule has 2 aromatic carbocycles. The molecular formula is C31H41Cl3NO9P. The second-order valence-corrected chi connectivity index (χ2v) is 15.8. The fourth-order valence-electron chi connectivity index (χ4n) is 3.69. The Balaban J connectivity index is 2.43. The molecule has 250 valence electrons. The number of esters is 2. The van der Waals surface area contributed by atoms with Crippen LogP contribution in [0.15, 0.2) is 42.5 Å². The summed E-state index contributed by atoms with van der Waals surface area (Å²) in [7, 11) is -4.35. The van der Waals surface area contributed by atoms with Crippen LogP contribution < -0.4 is 0 Å². The van der Waals surface area contributed by atoms with Gasteiger partial charge in [0.1, 0.15) is 6.10 Å². The predicted molar refractivity (Wildman–Crippen MR) is 173 cm³/mol. The number of hydrogen-bond acceptors (Lipinski definition) is 9. The third-order valence-electron chi connectivity index (χ3n) is 6.36. The Kier molecular flexibility index (Phi) is 14.4. The molecule has 0 fully saturated rings. The van der Waals surface area contributed by atoms with Crippen LogP contribution in [0.5, 0.6) is 0 Å². The standard InChI is InChI=1S/C31H41Cl3NO9P/c1-20(22-9-12-24(32)13-10-22)44-35(21(2)36)16-15-27(23-11-14-25(33)26(34)17-23)45(39,42-18-40-28(37)30(3,4)5)43-19-41-29(38)31(6,7)8/h9-14,17,20,27H,15-16,18-19H2,1-8H3. The lowest BCUT2D eigenvalue weighted by molar-refractivity contribution is -0.203. The van der Waals surface area contributed by atoms with Crippen molar-refractivity contribution < 1.29 is 42.3 Å². The van der Waals surface area contributed by atoms with Crippen molar-refractivity contribution in [3.05, 3.63) is 68.7 Å². The number of benzene rings is 2. The highest BCUT2D eigenvalue weighted by atomic mass is 35.5.